The van der Waals surface area contributed by atoms with Crippen molar-refractivity contribution in [3.05, 3.63) is 72.9 Å². The van der Waals surface area contributed by atoms with Crippen LogP contribution in [0.25, 0.3) is 0 Å². The number of carbonyl (C=O) groups is 2. The number of allylic oxidation sites excluding steroid dienone is 12. The van der Waals surface area contributed by atoms with Crippen LogP contribution in [0.5, 0.6) is 0 Å². The minimum atomic E-state index is -4.63. The van der Waals surface area contributed by atoms with Gasteiger partial charge in [0.05, 0.1) is 19.8 Å². The molecule has 0 saturated heterocycles. The van der Waals surface area contributed by atoms with Crippen LogP contribution in [0, 0.1) is 0 Å². The normalized spacial score (nSPS) is 14.5. The molecule has 0 amide bonds. The minimum absolute atomic E-state index is 0.141. The third-order valence-corrected chi connectivity index (χ3v) is 10.3. The molecule has 0 heterocycles. The fourth-order valence-electron chi connectivity index (χ4n) is 5.84. The van der Waals surface area contributed by atoms with E-state index in [4.69, 9.17) is 23.6 Å². The molecule has 3 N–H and O–H groups in total. The highest BCUT2D eigenvalue weighted by Gasteiger charge is 2.27. The van der Waals surface area contributed by atoms with Crippen molar-refractivity contribution in [1.82, 2.24) is 0 Å². The van der Waals surface area contributed by atoms with Crippen LogP contribution in [0.3, 0.4) is 0 Å². The lowest BCUT2D eigenvalue weighted by molar-refractivity contribution is -0.161. The lowest BCUT2D eigenvalue weighted by Gasteiger charge is -2.20. The van der Waals surface area contributed by atoms with Gasteiger partial charge in [-0.3, -0.25) is 18.6 Å². The molecule has 340 valence electrons. The van der Waals surface area contributed by atoms with Gasteiger partial charge in [0.25, 0.3) is 0 Å². The summed E-state index contributed by atoms with van der Waals surface area (Å²) in [5.41, 5.74) is 0. The number of aliphatic hydroxyl groups is 2. The van der Waals surface area contributed by atoms with Gasteiger partial charge in [-0.15, -0.1) is 0 Å². The minimum Gasteiger partial charge on any atom is -0.462 e. The van der Waals surface area contributed by atoms with E-state index < -0.39 is 51.8 Å². The Kier molecular flexibility index (Phi) is 41.6. The quantitative estimate of drug-likeness (QED) is 0.0234. The Labute approximate surface area is 358 Å². The molecule has 11 heteroatoms. The molecule has 0 aromatic carbocycles. The van der Waals surface area contributed by atoms with E-state index >= 15 is 0 Å². The van der Waals surface area contributed by atoms with Crippen LogP contribution in [-0.2, 0) is 32.7 Å². The van der Waals surface area contributed by atoms with Crippen molar-refractivity contribution in [1.29, 1.82) is 0 Å². The summed E-state index contributed by atoms with van der Waals surface area (Å²) in [7, 11) is -4.63. The number of aliphatic hydroxyl groups excluding tert-OH is 2. The van der Waals surface area contributed by atoms with E-state index in [9.17, 15) is 24.2 Å². The summed E-state index contributed by atoms with van der Waals surface area (Å²) in [4.78, 5) is 35.1. The zero-order valence-electron chi connectivity index (χ0n) is 36.9. The highest BCUT2D eigenvalue weighted by atomic mass is 31.2. The van der Waals surface area contributed by atoms with Crippen LogP contribution in [0.15, 0.2) is 72.9 Å². The number of hydrogen-bond acceptors (Lipinski definition) is 9. The van der Waals surface area contributed by atoms with E-state index in [0.717, 1.165) is 77.0 Å². The van der Waals surface area contributed by atoms with E-state index in [1.165, 1.54) is 64.2 Å². The number of phosphoric acid groups is 1. The molecule has 59 heavy (non-hydrogen) atoms. The molecule has 0 spiro atoms. The monoisotopic (exact) mass is 851 g/mol. The summed E-state index contributed by atoms with van der Waals surface area (Å²) in [6.45, 7) is 2.22. The van der Waals surface area contributed by atoms with E-state index in [-0.39, 0.29) is 19.4 Å². The van der Waals surface area contributed by atoms with E-state index in [0.29, 0.717) is 12.8 Å². The molecule has 0 saturated carbocycles. The van der Waals surface area contributed by atoms with Gasteiger partial charge in [0.1, 0.15) is 12.7 Å². The second-order valence-corrected chi connectivity index (χ2v) is 16.5. The fraction of sp³-hybridized carbons (Fsp3) is 0.708. The van der Waals surface area contributed by atoms with E-state index in [1.807, 2.05) is 0 Å². The molecular formula is C48H83O10P. The number of esters is 2. The Bertz CT molecular complexity index is 1210. The van der Waals surface area contributed by atoms with Crippen LogP contribution in [0.1, 0.15) is 181 Å². The zero-order valence-corrected chi connectivity index (χ0v) is 37.8. The van der Waals surface area contributed by atoms with Gasteiger partial charge in [-0.25, -0.2) is 4.57 Å². The van der Waals surface area contributed by atoms with Crippen LogP contribution < -0.4 is 0 Å². The topological polar surface area (TPSA) is 149 Å². The first kappa shape index (κ1) is 56.4. The van der Waals surface area contributed by atoms with Gasteiger partial charge < -0.3 is 24.6 Å². The van der Waals surface area contributed by atoms with Gasteiger partial charge >= 0.3 is 19.8 Å². The summed E-state index contributed by atoms with van der Waals surface area (Å²) < 4.78 is 32.7. The highest BCUT2D eigenvalue weighted by Crippen LogP contribution is 2.43. The maximum atomic E-state index is 12.6. The van der Waals surface area contributed by atoms with Gasteiger partial charge in [-0.05, 0) is 83.5 Å². The standard InChI is InChI=1S/C48H83O10P/c1-3-5-7-9-11-13-15-17-19-21-22-24-26-28-30-32-34-36-38-40-48(52)58-46(44-57-59(53,54)56-42-45(50)41-49)43-55-47(51)39-37-35-33-31-29-27-25-23-20-18-16-14-12-10-8-6-4-2/h5,7,11,13,17-20,22,24,28,30,45-46,49-50H,3-4,6,8-10,12,14-16,21,23,25-27,29,31-44H2,1-2H3,(H,53,54)/b7-5-,13-11-,19-17-,20-18-,24-22-,30-28-. The van der Waals surface area contributed by atoms with Crippen LogP contribution in [0.2, 0.25) is 0 Å². The Morgan fingerprint density at radius 1 is 0.525 bits per heavy atom. The van der Waals surface area contributed by atoms with Crippen molar-refractivity contribution in [3.8, 4) is 0 Å². The number of rotatable bonds is 42. The van der Waals surface area contributed by atoms with Crippen LogP contribution in [-0.4, -0.2) is 65.7 Å². The Balaban J connectivity index is 4.35. The Morgan fingerprint density at radius 3 is 1.44 bits per heavy atom. The van der Waals surface area contributed by atoms with Gasteiger partial charge in [0.15, 0.2) is 6.10 Å². The summed E-state index contributed by atoms with van der Waals surface area (Å²) in [5, 5.41) is 18.4. The molecule has 0 aliphatic rings. The summed E-state index contributed by atoms with van der Waals surface area (Å²) in [6.07, 6.45) is 50.1. The highest BCUT2D eigenvalue weighted by molar-refractivity contribution is 7.47. The third-order valence-electron chi connectivity index (χ3n) is 9.34. The number of phosphoric ester groups is 1. The van der Waals surface area contributed by atoms with Crippen molar-refractivity contribution >= 4 is 19.8 Å². The Morgan fingerprint density at radius 2 is 0.932 bits per heavy atom. The number of unbranched alkanes of at least 4 members (excludes halogenated alkanes) is 16. The first-order chi connectivity index (χ1) is 28.7. The van der Waals surface area contributed by atoms with Gasteiger partial charge in [0, 0.05) is 12.8 Å². The molecular weight excluding hydrogens is 767 g/mol. The van der Waals surface area contributed by atoms with Crippen molar-refractivity contribution in [3.63, 3.8) is 0 Å². The van der Waals surface area contributed by atoms with Crippen LogP contribution >= 0.6 is 7.82 Å². The maximum Gasteiger partial charge on any atom is 0.472 e. The second kappa shape index (κ2) is 43.5. The van der Waals surface area contributed by atoms with Crippen molar-refractivity contribution in [2.75, 3.05) is 26.4 Å². The average Bonchev–Trinajstić information content (AvgIpc) is 3.22. The fourth-order valence-corrected chi connectivity index (χ4v) is 6.63. The second-order valence-electron chi connectivity index (χ2n) is 15.0. The third kappa shape index (κ3) is 43.3. The molecule has 3 unspecified atom stereocenters. The lowest BCUT2D eigenvalue weighted by Crippen LogP contribution is -2.29. The average molecular weight is 851 g/mol. The SMILES string of the molecule is CC/C=C\C/C=C\C/C=C\C/C=C\C/C=C\CCCCCC(=O)OC(COC(=O)CCCCCCCCC/C=C\CCCCCCCC)COP(=O)(O)OCC(O)CO. The molecule has 10 nitrogen and oxygen atoms in total. The smallest absolute Gasteiger partial charge is 0.462 e. The van der Waals surface area contributed by atoms with Crippen molar-refractivity contribution in [2.45, 2.75) is 193 Å². The largest absolute Gasteiger partial charge is 0.472 e. The summed E-state index contributed by atoms with van der Waals surface area (Å²) in [5.74, 6) is -0.971. The summed E-state index contributed by atoms with van der Waals surface area (Å²) >= 11 is 0. The molecule has 0 aliphatic heterocycles. The molecule has 0 aliphatic carbocycles. The van der Waals surface area contributed by atoms with Gasteiger partial charge in [-0.2, -0.15) is 0 Å². The molecule has 0 fully saturated rings. The molecule has 3 atom stereocenters. The lowest BCUT2D eigenvalue weighted by atomic mass is 10.1. The van der Waals surface area contributed by atoms with E-state index in [1.54, 1.807) is 0 Å². The first-order valence-electron chi connectivity index (χ1n) is 22.9. The predicted octanol–water partition coefficient (Wildman–Crippen LogP) is 12.4. The van der Waals surface area contributed by atoms with Crippen molar-refractivity contribution < 1.29 is 47.8 Å². The molecule has 0 bridgehead atoms. The number of hydrogen-bond donors (Lipinski definition) is 3. The summed E-state index contributed by atoms with van der Waals surface area (Å²) in [6, 6.07) is 0. The first-order valence-corrected chi connectivity index (χ1v) is 24.4. The van der Waals surface area contributed by atoms with E-state index in [2.05, 4.69) is 86.8 Å². The van der Waals surface area contributed by atoms with Crippen molar-refractivity contribution in [2.24, 2.45) is 0 Å². The number of ether oxygens (including phenoxy) is 2. The zero-order chi connectivity index (χ0) is 43.3. The van der Waals surface area contributed by atoms with Gasteiger partial charge in [-0.1, -0.05) is 157 Å². The maximum absolute atomic E-state index is 12.6. The molecule has 0 aromatic rings. The van der Waals surface area contributed by atoms with Gasteiger partial charge in [0.2, 0.25) is 0 Å². The molecule has 0 radical (unpaired) electrons. The Hall–Kier alpha value is -2.59. The van der Waals surface area contributed by atoms with Crippen LogP contribution in [0.4, 0.5) is 0 Å². The number of carbonyl (C=O) groups excluding carboxylic acids is 2. The molecule has 0 aromatic heterocycles. The predicted molar refractivity (Wildman–Crippen MR) is 242 cm³/mol. The molecule has 0 rings (SSSR count).